The lowest BCUT2D eigenvalue weighted by Gasteiger charge is -2.31. The van der Waals surface area contributed by atoms with Crippen molar-refractivity contribution in [1.29, 1.82) is 0 Å². The second kappa shape index (κ2) is 8.15. The Labute approximate surface area is 128 Å². The molecule has 0 aliphatic rings. The normalized spacial score (nSPS) is 14.3. The second-order valence-electron chi connectivity index (χ2n) is 6.21. The summed E-state index contributed by atoms with van der Waals surface area (Å²) in [5.74, 6) is 0.640. The van der Waals surface area contributed by atoms with Crippen LogP contribution < -0.4 is 11.1 Å². The van der Waals surface area contributed by atoms with Crippen LogP contribution in [0.4, 0.5) is 5.69 Å². The highest BCUT2D eigenvalue weighted by Crippen LogP contribution is 2.15. The minimum atomic E-state index is -0.166. The number of likely N-dealkylation sites (N-methyl/N-ethyl adjacent to an activating group) is 1. The van der Waals surface area contributed by atoms with Crippen molar-refractivity contribution in [2.75, 3.05) is 12.4 Å². The molecule has 0 radical (unpaired) electrons. The smallest absolute Gasteiger partial charge is 0.241 e. The first kappa shape index (κ1) is 17.7. The van der Waals surface area contributed by atoms with Gasteiger partial charge in [0.2, 0.25) is 5.91 Å². The molecule has 1 rings (SSSR count). The molecule has 0 spiro atoms. The summed E-state index contributed by atoms with van der Waals surface area (Å²) in [5, 5.41) is 2.97. The van der Waals surface area contributed by atoms with Gasteiger partial charge < -0.3 is 11.1 Å². The van der Waals surface area contributed by atoms with Gasteiger partial charge in [0.25, 0.3) is 0 Å². The van der Waals surface area contributed by atoms with Gasteiger partial charge in [-0.3, -0.25) is 9.69 Å². The molecule has 118 valence electrons. The number of nitrogens with one attached hydrogen (secondary N) is 1. The molecule has 3 N–H and O–H groups in total. The Bertz CT molecular complexity index is 459. The molecule has 0 saturated heterocycles. The van der Waals surface area contributed by atoms with E-state index in [9.17, 15) is 4.79 Å². The summed E-state index contributed by atoms with van der Waals surface area (Å²) >= 11 is 0. The van der Waals surface area contributed by atoms with Crippen LogP contribution in [0.5, 0.6) is 0 Å². The lowest BCUT2D eigenvalue weighted by atomic mass is 10.0. The molecule has 4 nitrogen and oxygen atoms in total. The Morgan fingerprint density at radius 1 is 1.29 bits per heavy atom. The summed E-state index contributed by atoms with van der Waals surface area (Å²) in [6.07, 6.45) is 1.08. The summed E-state index contributed by atoms with van der Waals surface area (Å²) in [6.45, 7) is 8.99. The highest BCUT2D eigenvalue weighted by atomic mass is 16.2. The molecule has 0 fully saturated rings. The highest BCUT2D eigenvalue weighted by molar-refractivity contribution is 5.94. The zero-order valence-electron chi connectivity index (χ0n) is 13.9. The first-order valence-electron chi connectivity index (χ1n) is 7.67. The molecule has 21 heavy (non-hydrogen) atoms. The SMILES string of the molecule is CC(C)CC(C)N(C)C(C)C(=O)Nc1cccc(CN)c1. The Morgan fingerprint density at radius 2 is 1.95 bits per heavy atom. The predicted octanol–water partition coefficient (Wildman–Crippen LogP) is 2.84. The average molecular weight is 291 g/mol. The number of carbonyl (C=O) groups excluding carboxylic acids is 1. The number of carbonyl (C=O) groups is 1. The van der Waals surface area contributed by atoms with E-state index in [0.29, 0.717) is 18.5 Å². The van der Waals surface area contributed by atoms with Crippen molar-refractivity contribution in [3.05, 3.63) is 29.8 Å². The lowest BCUT2D eigenvalue weighted by Crippen LogP contribution is -2.44. The van der Waals surface area contributed by atoms with Crippen molar-refractivity contribution in [2.45, 2.75) is 52.7 Å². The van der Waals surface area contributed by atoms with E-state index >= 15 is 0 Å². The number of hydrogen-bond donors (Lipinski definition) is 2. The number of nitrogens with two attached hydrogens (primary N) is 1. The third-order valence-electron chi connectivity index (χ3n) is 3.93. The van der Waals surface area contributed by atoms with Crippen molar-refractivity contribution in [3.8, 4) is 0 Å². The van der Waals surface area contributed by atoms with E-state index in [4.69, 9.17) is 5.73 Å². The Hall–Kier alpha value is -1.39. The summed E-state index contributed by atoms with van der Waals surface area (Å²) in [5.41, 5.74) is 7.44. The molecule has 1 aromatic carbocycles. The summed E-state index contributed by atoms with van der Waals surface area (Å²) in [4.78, 5) is 14.5. The fraction of sp³-hybridized carbons (Fsp3) is 0.588. The van der Waals surface area contributed by atoms with Gasteiger partial charge in [0.1, 0.15) is 0 Å². The van der Waals surface area contributed by atoms with Gasteiger partial charge in [-0.2, -0.15) is 0 Å². The van der Waals surface area contributed by atoms with E-state index in [0.717, 1.165) is 17.7 Å². The largest absolute Gasteiger partial charge is 0.326 e. The fourth-order valence-corrected chi connectivity index (χ4v) is 2.44. The maximum atomic E-state index is 12.4. The average Bonchev–Trinajstić information content (AvgIpc) is 2.45. The van der Waals surface area contributed by atoms with Crippen LogP contribution in [0.3, 0.4) is 0 Å². The van der Waals surface area contributed by atoms with Gasteiger partial charge in [0.15, 0.2) is 0 Å². The van der Waals surface area contributed by atoms with Crippen molar-refractivity contribution >= 4 is 11.6 Å². The first-order valence-corrected chi connectivity index (χ1v) is 7.67. The Morgan fingerprint density at radius 3 is 2.52 bits per heavy atom. The van der Waals surface area contributed by atoms with Gasteiger partial charge in [-0.1, -0.05) is 26.0 Å². The number of amides is 1. The highest BCUT2D eigenvalue weighted by Gasteiger charge is 2.22. The molecule has 2 atom stereocenters. The van der Waals surface area contributed by atoms with Gasteiger partial charge in [-0.25, -0.2) is 0 Å². The molecule has 1 aromatic rings. The number of hydrogen-bond acceptors (Lipinski definition) is 3. The lowest BCUT2D eigenvalue weighted by molar-refractivity contribution is -0.121. The molecular weight excluding hydrogens is 262 g/mol. The maximum absolute atomic E-state index is 12.4. The van der Waals surface area contributed by atoms with Crippen molar-refractivity contribution in [1.82, 2.24) is 4.90 Å². The van der Waals surface area contributed by atoms with E-state index < -0.39 is 0 Å². The van der Waals surface area contributed by atoms with Gasteiger partial charge in [-0.15, -0.1) is 0 Å². The van der Waals surface area contributed by atoms with Gasteiger partial charge >= 0.3 is 0 Å². The monoisotopic (exact) mass is 291 g/mol. The molecule has 4 heteroatoms. The fourth-order valence-electron chi connectivity index (χ4n) is 2.44. The quantitative estimate of drug-likeness (QED) is 0.812. The zero-order chi connectivity index (χ0) is 16.0. The van der Waals surface area contributed by atoms with Gasteiger partial charge in [0, 0.05) is 18.3 Å². The van der Waals surface area contributed by atoms with Crippen molar-refractivity contribution < 1.29 is 4.79 Å². The number of nitrogens with zero attached hydrogens (tertiary/aromatic N) is 1. The van der Waals surface area contributed by atoms with E-state index in [1.165, 1.54) is 0 Å². The molecule has 0 aliphatic carbocycles. The maximum Gasteiger partial charge on any atom is 0.241 e. The number of rotatable bonds is 7. The number of anilines is 1. The topological polar surface area (TPSA) is 58.4 Å². The molecule has 2 unspecified atom stereocenters. The minimum Gasteiger partial charge on any atom is -0.326 e. The molecule has 0 aliphatic heterocycles. The molecule has 0 aromatic heterocycles. The molecular formula is C17H29N3O. The minimum absolute atomic E-state index is 0.0160. The van der Waals surface area contributed by atoms with E-state index in [1.807, 2.05) is 38.2 Å². The van der Waals surface area contributed by atoms with Crippen LogP contribution in [0.1, 0.15) is 39.7 Å². The third-order valence-corrected chi connectivity index (χ3v) is 3.93. The standard InChI is InChI=1S/C17H29N3O/c1-12(2)9-13(3)20(5)14(4)17(21)19-16-8-6-7-15(10-16)11-18/h6-8,10,12-14H,9,11,18H2,1-5H3,(H,19,21). The van der Waals surface area contributed by atoms with E-state index in [1.54, 1.807) is 0 Å². The van der Waals surface area contributed by atoms with Crippen molar-refractivity contribution in [2.24, 2.45) is 11.7 Å². The summed E-state index contributed by atoms with van der Waals surface area (Å²) in [6, 6.07) is 7.88. The first-order chi connectivity index (χ1) is 9.85. The van der Waals surface area contributed by atoms with Crippen LogP contribution in [0.15, 0.2) is 24.3 Å². The van der Waals surface area contributed by atoms with Crippen molar-refractivity contribution in [3.63, 3.8) is 0 Å². The summed E-state index contributed by atoms with van der Waals surface area (Å²) < 4.78 is 0. The molecule has 0 heterocycles. The molecule has 1 amide bonds. The molecule has 0 saturated carbocycles. The number of benzene rings is 1. The summed E-state index contributed by atoms with van der Waals surface area (Å²) in [7, 11) is 2.01. The van der Waals surface area contributed by atoms with Crippen LogP contribution in [0.2, 0.25) is 0 Å². The molecule has 0 bridgehead atoms. The Kier molecular flexibility index (Phi) is 6.85. The van der Waals surface area contributed by atoms with Crippen LogP contribution in [0.25, 0.3) is 0 Å². The van der Waals surface area contributed by atoms with Crippen LogP contribution >= 0.6 is 0 Å². The van der Waals surface area contributed by atoms with E-state index in [2.05, 4.69) is 31.0 Å². The van der Waals surface area contributed by atoms with Crippen LogP contribution in [-0.4, -0.2) is 29.9 Å². The third kappa shape index (κ3) is 5.48. The van der Waals surface area contributed by atoms with Crippen LogP contribution in [-0.2, 0) is 11.3 Å². The zero-order valence-corrected chi connectivity index (χ0v) is 13.9. The Balaban J connectivity index is 2.65. The van der Waals surface area contributed by atoms with Crippen LogP contribution in [0, 0.1) is 5.92 Å². The van der Waals surface area contributed by atoms with E-state index in [-0.39, 0.29) is 11.9 Å². The van der Waals surface area contributed by atoms with Gasteiger partial charge in [-0.05, 0) is 50.9 Å². The second-order valence-corrected chi connectivity index (χ2v) is 6.21. The van der Waals surface area contributed by atoms with Gasteiger partial charge in [0.05, 0.1) is 6.04 Å². The predicted molar refractivity (Wildman–Crippen MR) is 89.1 cm³/mol.